The maximum absolute atomic E-state index is 12.7. The van der Waals surface area contributed by atoms with Crippen LogP contribution < -0.4 is 0 Å². The van der Waals surface area contributed by atoms with Crippen LogP contribution in [0.3, 0.4) is 0 Å². The van der Waals surface area contributed by atoms with Crippen molar-refractivity contribution < 1.29 is 42.1 Å². The number of rotatable bonds is 40. The summed E-state index contributed by atoms with van der Waals surface area (Å²) >= 11 is 0. The van der Waals surface area contributed by atoms with Gasteiger partial charge >= 0.3 is 19.8 Å². The molecule has 0 bridgehead atoms. The van der Waals surface area contributed by atoms with Gasteiger partial charge in [-0.25, -0.2) is 4.57 Å². The number of phosphoric ester groups is 1. The number of phosphoric acid groups is 1. The van der Waals surface area contributed by atoms with Crippen molar-refractivity contribution in [2.24, 2.45) is 0 Å². The molecule has 0 aliphatic carbocycles. The summed E-state index contributed by atoms with van der Waals surface area (Å²) < 4.78 is 34.3. The van der Waals surface area contributed by atoms with Gasteiger partial charge in [0.1, 0.15) is 19.8 Å². The summed E-state index contributed by atoms with van der Waals surface area (Å²) in [6.45, 7) is 4.39. The highest BCUT2D eigenvalue weighted by Gasteiger charge is 2.27. The highest BCUT2D eigenvalue weighted by molar-refractivity contribution is 7.47. The summed E-state index contributed by atoms with van der Waals surface area (Å²) in [6.07, 6.45) is 39.3. The smallest absolute Gasteiger partial charge is 0.462 e. The molecule has 0 aliphatic heterocycles. The molecule has 0 aromatic heterocycles. The van der Waals surface area contributed by atoms with Crippen molar-refractivity contribution in [2.75, 3.05) is 47.5 Å². The van der Waals surface area contributed by atoms with Gasteiger partial charge in [0.25, 0.3) is 0 Å². The molecule has 318 valence electrons. The van der Waals surface area contributed by atoms with E-state index in [0.29, 0.717) is 17.4 Å². The molecule has 0 saturated heterocycles. The standard InChI is InChI=1S/C44H84NO8P/c1-6-8-10-12-14-16-18-20-22-24-26-28-30-32-34-36-43(46)50-40-42(41-52-54(48,49)51-39-38-45(3,4)5)53-44(47)37-35-33-31-29-27-25-23-21-19-17-15-13-11-9-7-2/h16-19,42H,6-15,20-41H2,1-5H3/p+1/b18-16+,19-17+/t42-/m1/s1. The van der Waals surface area contributed by atoms with Crippen LogP contribution in [0.25, 0.3) is 0 Å². The molecule has 0 spiro atoms. The minimum atomic E-state index is -4.37. The average Bonchev–Trinajstić information content (AvgIpc) is 3.12. The molecule has 0 saturated carbocycles. The number of hydrogen-bond acceptors (Lipinski definition) is 7. The number of nitrogens with zero attached hydrogens (tertiary/aromatic N) is 1. The lowest BCUT2D eigenvalue weighted by Crippen LogP contribution is -2.37. The lowest BCUT2D eigenvalue weighted by molar-refractivity contribution is -0.870. The van der Waals surface area contributed by atoms with Crippen LogP contribution in [0.4, 0.5) is 0 Å². The minimum Gasteiger partial charge on any atom is -0.462 e. The zero-order chi connectivity index (χ0) is 40.0. The van der Waals surface area contributed by atoms with Gasteiger partial charge in [-0.15, -0.1) is 0 Å². The predicted molar refractivity (Wildman–Crippen MR) is 224 cm³/mol. The Morgan fingerprint density at radius 1 is 0.556 bits per heavy atom. The van der Waals surface area contributed by atoms with E-state index in [1.165, 1.54) is 116 Å². The van der Waals surface area contributed by atoms with Gasteiger partial charge < -0.3 is 18.9 Å². The van der Waals surface area contributed by atoms with Crippen LogP contribution in [0.2, 0.25) is 0 Å². The summed E-state index contributed by atoms with van der Waals surface area (Å²) in [5.41, 5.74) is 0. The second kappa shape index (κ2) is 37.1. The molecule has 1 N–H and O–H groups in total. The van der Waals surface area contributed by atoms with E-state index in [9.17, 15) is 19.0 Å². The maximum atomic E-state index is 12.7. The molecule has 2 atom stereocenters. The Kier molecular flexibility index (Phi) is 36.1. The summed E-state index contributed by atoms with van der Waals surface area (Å²) in [4.78, 5) is 35.3. The van der Waals surface area contributed by atoms with Crippen LogP contribution in [0.5, 0.6) is 0 Å². The first-order valence-corrected chi connectivity index (χ1v) is 23.6. The predicted octanol–water partition coefficient (Wildman–Crippen LogP) is 12.4. The Balaban J connectivity index is 4.36. The second-order valence-electron chi connectivity index (χ2n) is 16.1. The highest BCUT2D eigenvalue weighted by atomic mass is 31.2. The van der Waals surface area contributed by atoms with E-state index in [0.717, 1.165) is 44.9 Å². The molecule has 10 heteroatoms. The number of unbranched alkanes of at least 4 members (excludes halogenated alkanes) is 22. The number of ether oxygens (including phenoxy) is 2. The topological polar surface area (TPSA) is 108 Å². The van der Waals surface area contributed by atoms with Gasteiger partial charge in [-0.2, -0.15) is 0 Å². The molecule has 0 aromatic carbocycles. The van der Waals surface area contributed by atoms with E-state index < -0.39 is 26.5 Å². The normalized spacial score (nSPS) is 13.8. The molecule has 54 heavy (non-hydrogen) atoms. The van der Waals surface area contributed by atoms with Crippen molar-refractivity contribution in [1.82, 2.24) is 0 Å². The Hall–Kier alpha value is -1.51. The number of carbonyl (C=O) groups excluding carboxylic acids is 2. The van der Waals surface area contributed by atoms with E-state index >= 15 is 0 Å². The van der Waals surface area contributed by atoms with Crippen molar-refractivity contribution in [3.63, 3.8) is 0 Å². The summed E-state index contributed by atoms with van der Waals surface area (Å²) in [7, 11) is 1.47. The van der Waals surface area contributed by atoms with Crippen LogP contribution in [0, 0.1) is 0 Å². The second-order valence-corrected chi connectivity index (χ2v) is 17.5. The van der Waals surface area contributed by atoms with Crippen molar-refractivity contribution in [2.45, 2.75) is 200 Å². The summed E-state index contributed by atoms with van der Waals surface area (Å²) in [5.74, 6) is -0.805. The highest BCUT2D eigenvalue weighted by Crippen LogP contribution is 2.43. The molecule has 0 aliphatic rings. The number of quaternary nitrogens is 1. The van der Waals surface area contributed by atoms with Crippen LogP contribution in [0.15, 0.2) is 24.3 Å². The van der Waals surface area contributed by atoms with Crippen molar-refractivity contribution in [3.8, 4) is 0 Å². The third kappa shape index (κ3) is 40.2. The molecule has 0 fully saturated rings. The van der Waals surface area contributed by atoms with Crippen LogP contribution >= 0.6 is 7.82 Å². The number of esters is 2. The van der Waals surface area contributed by atoms with Gasteiger partial charge in [0, 0.05) is 12.8 Å². The molecule has 0 radical (unpaired) electrons. The van der Waals surface area contributed by atoms with Crippen molar-refractivity contribution in [3.05, 3.63) is 24.3 Å². The van der Waals surface area contributed by atoms with Gasteiger partial charge in [0.05, 0.1) is 27.7 Å². The van der Waals surface area contributed by atoms with E-state index in [1.54, 1.807) is 0 Å². The lowest BCUT2D eigenvalue weighted by Gasteiger charge is -2.24. The monoisotopic (exact) mass is 787 g/mol. The van der Waals surface area contributed by atoms with Crippen LogP contribution in [-0.2, 0) is 32.7 Å². The Labute approximate surface area is 332 Å². The maximum Gasteiger partial charge on any atom is 0.472 e. The van der Waals surface area contributed by atoms with Gasteiger partial charge in [-0.3, -0.25) is 18.6 Å². The molecule has 0 aromatic rings. The van der Waals surface area contributed by atoms with E-state index in [4.69, 9.17) is 18.5 Å². The Bertz CT molecular complexity index is 980. The van der Waals surface area contributed by atoms with E-state index in [1.807, 2.05) is 21.1 Å². The average molecular weight is 787 g/mol. The van der Waals surface area contributed by atoms with Crippen LogP contribution in [-0.4, -0.2) is 74.9 Å². The number of carbonyl (C=O) groups is 2. The summed E-state index contributed by atoms with van der Waals surface area (Å²) in [5, 5.41) is 0. The molecule has 0 rings (SSSR count). The third-order valence-corrected chi connectivity index (χ3v) is 10.4. The quantitative estimate of drug-likeness (QED) is 0.0215. The first-order chi connectivity index (χ1) is 26.0. The molecule has 1 unspecified atom stereocenters. The largest absolute Gasteiger partial charge is 0.472 e. The first kappa shape index (κ1) is 52.5. The van der Waals surface area contributed by atoms with Gasteiger partial charge in [0.2, 0.25) is 0 Å². The molecule has 9 nitrogen and oxygen atoms in total. The molecular weight excluding hydrogens is 701 g/mol. The number of hydrogen-bond donors (Lipinski definition) is 1. The van der Waals surface area contributed by atoms with Crippen molar-refractivity contribution in [1.29, 1.82) is 0 Å². The zero-order valence-corrected chi connectivity index (χ0v) is 36.6. The molecule has 0 heterocycles. The minimum absolute atomic E-state index is 0.0313. The molecule has 0 amide bonds. The molecular formula is C44H85NO8P+. The number of likely N-dealkylation sites (N-methyl/N-ethyl adjacent to an activating group) is 1. The van der Waals surface area contributed by atoms with Gasteiger partial charge in [-0.05, 0) is 64.2 Å². The van der Waals surface area contributed by atoms with E-state index in [2.05, 4.69) is 38.2 Å². The Morgan fingerprint density at radius 3 is 1.37 bits per heavy atom. The van der Waals surface area contributed by atoms with Crippen molar-refractivity contribution >= 4 is 19.8 Å². The van der Waals surface area contributed by atoms with Crippen LogP contribution in [0.1, 0.15) is 194 Å². The summed E-state index contributed by atoms with van der Waals surface area (Å²) in [6, 6.07) is 0. The lowest BCUT2D eigenvalue weighted by atomic mass is 10.1. The first-order valence-electron chi connectivity index (χ1n) is 22.1. The Morgan fingerprint density at radius 2 is 0.944 bits per heavy atom. The zero-order valence-electron chi connectivity index (χ0n) is 35.7. The fourth-order valence-corrected chi connectivity index (χ4v) is 6.69. The number of allylic oxidation sites excluding steroid dienone is 4. The third-order valence-electron chi connectivity index (χ3n) is 9.45. The van der Waals surface area contributed by atoms with Gasteiger partial charge in [-0.1, -0.05) is 141 Å². The fraction of sp³-hybridized carbons (Fsp3) is 0.864. The SMILES string of the molecule is CCCCCC/C=C/CCCCCCCCCC(=O)OC[C@H](COP(=O)(O)OCC[N+](C)(C)C)OC(=O)CCCCCCCCC/C=C/CCCCCC. The fourth-order valence-electron chi connectivity index (χ4n) is 5.94. The van der Waals surface area contributed by atoms with Gasteiger partial charge in [0.15, 0.2) is 6.10 Å². The van der Waals surface area contributed by atoms with E-state index in [-0.39, 0.29) is 32.0 Å².